The Morgan fingerprint density at radius 3 is 2.88 bits per heavy atom. The van der Waals surface area contributed by atoms with Gasteiger partial charge in [-0.1, -0.05) is 6.08 Å². The number of carboxylic acids is 1. The van der Waals surface area contributed by atoms with Gasteiger partial charge in [-0.05, 0) is 19.4 Å². The van der Waals surface area contributed by atoms with Gasteiger partial charge in [0.2, 0.25) is 5.91 Å². The molecule has 0 spiro atoms. The lowest BCUT2D eigenvalue weighted by Gasteiger charge is -2.02. The fourth-order valence-corrected chi connectivity index (χ4v) is 1.30. The maximum Gasteiger partial charge on any atom is 0.354 e. The number of amides is 1. The molecule has 5 nitrogen and oxygen atoms in total. The van der Waals surface area contributed by atoms with Crippen LogP contribution in [0.25, 0.3) is 0 Å². The molecule has 16 heavy (non-hydrogen) atoms. The number of carbonyl (C=O) groups excluding carboxylic acids is 1. The van der Waals surface area contributed by atoms with Gasteiger partial charge >= 0.3 is 5.97 Å². The molecule has 0 saturated heterocycles. The Kier molecular flexibility index (Phi) is 3.88. The molecule has 0 aromatic carbocycles. The highest BCUT2D eigenvalue weighted by Gasteiger charge is 2.14. The molecule has 0 bridgehead atoms. The molecule has 1 amide bonds. The molecule has 0 aliphatic carbocycles. The fourth-order valence-electron chi connectivity index (χ4n) is 1.30. The molecule has 86 valence electrons. The summed E-state index contributed by atoms with van der Waals surface area (Å²) in [5.41, 5.74) is 1.000. The number of carbonyl (C=O) groups is 2. The van der Waals surface area contributed by atoms with Crippen molar-refractivity contribution in [2.75, 3.05) is 5.32 Å². The number of allylic oxidation sites excluding steroid dienone is 1. The number of carboxylic acid groups (broad SMARTS) is 1. The number of aromatic amines is 1. The van der Waals surface area contributed by atoms with Gasteiger partial charge in [0.1, 0.15) is 5.69 Å². The van der Waals surface area contributed by atoms with Crippen molar-refractivity contribution in [3.05, 3.63) is 30.1 Å². The molecule has 0 saturated carbocycles. The Hall–Kier alpha value is -2.04. The first-order chi connectivity index (χ1) is 7.54. The minimum Gasteiger partial charge on any atom is -0.477 e. The fraction of sp³-hybridized carbons (Fsp3) is 0.273. The van der Waals surface area contributed by atoms with Crippen LogP contribution in [0.1, 0.15) is 29.0 Å². The summed E-state index contributed by atoms with van der Waals surface area (Å²) in [6.45, 7) is 5.24. The highest BCUT2D eigenvalue weighted by molar-refractivity contribution is 5.99. The van der Waals surface area contributed by atoms with Gasteiger partial charge in [-0.2, -0.15) is 0 Å². The third-order valence-electron chi connectivity index (χ3n) is 2.02. The van der Waals surface area contributed by atoms with E-state index >= 15 is 0 Å². The monoisotopic (exact) mass is 222 g/mol. The van der Waals surface area contributed by atoms with Gasteiger partial charge in [-0.25, -0.2) is 4.79 Å². The highest BCUT2D eigenvalue weighted by atomic mass is 16.4. The van der Waals surface area contributed by atoms with E-state index in [4.69, 9.17) is 5.11 Å². The minimum absolute atomic E-state index is 0.00412. The second kappa shape index (κ2) is 5.16. The zero-order valence-corrected chi connectivity index (χ0v) is 9.04. The molecule has 5 heteroatoms. The summed E-state index contributed by atoms with van der Waals surface area (Å²) in [6, 6.07) is 1.59. The molecule has 1 rings (SSSR count). The van der Waals surface area contributed by atoms with E-state index in [9.17, 15) is 9.59 Å². The van der Waals surface area contributed by atoms with Crippen LogP contribution in [0.15, 0.2) is 18.7 Å². The Balaban J connectivity index is 2.76. The van der Waals surface area contributed by atoms with Crippen molar-refractivity contribution < 1.29 is 14.7 Å². The molecular weight excluding hydrogens is 208 g/mol. The highest BCUT2D eigenvalue weighted by Crippen LogP contribution is 2.17. The number of anilines is 1. The predicted molar refractivity (Wildman–Crippen MR) is 60.5 cm³/mol. The lowest BCUT2D eigenvalue weighted by atomic mass is 10.2. The molecule has 1 heterocycles. The minimum atomic E-state index is -1.09. The number of nitrogens with one attached hydrogen (secondary N) is 2. The normalized spacial score (nSPS) is 9.81. The van der Waals surface area contributed by atoms with Crippen LogP contribution in [0.4, 0.5) is 5.69 Å². The van der Waals surface area contributed by atoms with E-state index in [0.29, 0.717) is 24.2 Å². The lowest BCUT2D eigenvalue weighted by molar-refractivity contribution is -0.116. The van der Waals surface area contributed by atoms with Gasteiger partial charge in [0.25, 0.3) is 0 Å². The van der Waals surface area contributed by atoms with Gasteiger partial charge in [0.05, 0.1) is 5.69 Å². The number of aryl methyl sites for hydroxylation is 1. The van der Waals surface area contributed by atoms with E-state index < -0.39 is 5.97 Å². The average Bonchev–Trinajstić information content (AvgIpc) is 2.56. The zero-order valence-electron chi connectivity index (χ0n) is 9.04. The summed E-state index contributed by atoms with van der Waals surface area (Å²) in [6.07, 6.45) is 2.50. The number of hydrogen-bond acceptors (Lipinski definition) is 2. The van der Waals surface area contributed by atoms with E-state index in [-0.39, 0.29) is 11.6 Å². The van der Waals surface area contributed by atoms with Gasteiger partial charge < -0.3 is 15.4 Å². The van der Waals surface area contributed by atoms with Crippen LogP contribution in [-0.2, 0) is 4.79 Å². The topological polar surface area (TPSA) is 82.2 Å². The quantitative estimate of drug-likeness (QED) is 0.665. The van der Waals surface area contributed by atoms with Crippen molar-refractivity contribution in [3.8, 4) is 0 Å². The number of rotatable bonds is 5. The lowest BCUT2D eigenvalue weighted by Crippen LogP contribution is -2.13. The standard InChI is InChI=1S/C11H14N2O3/c1-3-4-5-9(14)13-8-6-7(2)12-10(8)11(15)16/h3,6,12H,1,4-5H2,2H3,(H,13,14)(H,15,16). The number of hydrogen-bond donors (Lipinski definition) is 3. The predicted octanol–water partition coefficient (Wildman–Crippen LogP) is 1.93. The van der Waals surface area contributed by atoms with E-state index in [2.05, 4.69) is 16.9 Å². The Bertz CT molecular complexity index is 421. The molecule has 0 atom stereocenters. The van der Waals surface area contributed by atoms with E-state index in [1.165, 1.54) is 0 Å². The molecule has 0 unspecified atom stereocenters. The van der Waals surface area contributed by atoms with E-state index in [1.54, 1.807) is 19.1 Å². The van der Waals surface area contributed by atoms with Crippen molar-refractivity contribution in [1.29, 1.82) is 0 Å². The Morgan fingerprint density at radius 1 is 1.62 bits per heavy atom. The summed E-state index contributed by atoms with van der Waals surface area (Å²) in [5, 5.41) is 11.4. The maximum absolute atomic E-state index is 11.4. The van der Waals surface area contributed by atoms with Crippen LogP contribution in [0.3, 0.4) is 0 Å². The van der Waals surface area contributed by atoms with Crippen molar-refractivity contribution in [3.63, 3.8) is 0 Å². The summed E-state index contributed by atoms with van der Waals surface area (Å²) in [4.78, 5) is 24.9. The summed E-state index contributed by atoms with van der Waals surface area (Å²) < 4.78 is 0. The third kappa shape index (κ3) is 2.98. The smallest absolute Gasteiger partial charge is 0.354 e. The number of aromatic carboxylic acids is 1. The van der Waals surface area contributed by atoms with Crippen molar-refractivity contribution in [2.45, 2.75) is 19.8 Å². The van der Waals surface area contributed by atoms with Crippen LogP contribution in [-0.4, -0.2) is 22.0 Å². The second-order valence-electron chi connectivity index (χ2n) is 3.42. The first-order valence-corrected chi connectivity index (χ1v) is 4.88. The van der Waals surface area contributed by atoms with Crippen molar-refractivity contribution in [1.82, 2.24) is 4.98 Å². The SMILES string of the molecule is C=CCCC(=O)Nc1cc(C)[nH]c1C(=O)O. The summed E-state index contributed by atoms with van der Waals surface area (Å²) in [7, 11) is 0. The van der Waals surface area contributed by atoms with E-state index in [0.717, 1.165) is 0 Å². The number of aromatic nitrogens is 1. The molecule has 1 aromatic rings. The molecule has 0 radical (unpaired) electrons. The van der Waals surface area contributed by atoms with Crippen molar-refractivity contribution >= 4 is 17.6 Å². The Morgan fingerprint density at radius 2 is 2.31 bits per heavy atom. The first kappa shape index (κ1) is 12.0. The third-order valence-corrected chi connectivity index (χ3v) is 2.02. The van der Waals surface area contributed by atoms with Gasteiger partial charge in [-0.15, -0.1) is 6.58 Å². The zero-order chi connectivity index (χ0) is 12.1. The van der Waals surface area contributed by atoms with Crippen LogP contribution in [0, 0.1) is 6.92 Å². The molecule has 0 aliphatic rings. The van der Waals surface area contributed by atoms with Crippen LogP contribution in [0.5, 0.6) is 0 Å². The molecule has 1 aromatic heterocycles. The van der Waals surface area contributed by atoms with E-state index in [1.807, 2.05) is 0 Å². The molecule has 0 fully saturated rings. The second-order valence-corrected chi connectivity index (χ2v) is 3.42. The summed E-state index contributed by atoms with van der Waals surface area (Å²) in [5.74, 6) is -1.31. The number of H-pyrrole nitrogens is 1. The van der Waals surface area contributed by atoms with Crippen LogP contribution >= 0.6 is 0 Å². The van der Waals surface area contributed by atoms with Gasteiger partial charge in [0, 0.05) is 12.1 Å². The molecule has 3 N–H and O–H groups in total. The van der Waals surface area contributed by atoms with Gasteiger partial charge in [-0.3, -0.25) is 4.79 Å². The van der Waals surface area contributed by atoms with Gasteiger partial charge in [0.15, 0.2) is 0 Å². The average molecular weight is 222 g/mol. The molecule has 0 aliphatic heterocycles. The summed E-state index contributed by atoms with van der Waals surface area (Å²) >= 11 is 0. The largest absolute Gasteiger partial charge is 0.477 e. The first-order valence-electron chi connectivity index (χ1n) is 4.88. The van der Waals surface area contributed by atoms with Crippen LogP contribution in [0.2, 0.25) is 0 Å². The Labute approximate surface area is 93.2 Å². The van der Waals surface area contributed by atoms with Crippen molar-refractivity contribution in [2.24, 2.45) is 0 Å². The maximum atomic E-state index is 11.4. The van der Waals surface area contributed by atoms with Crippen LogP contribution < -0.4 is 5.32 Å². The molecular formula is C11H14N2O3.